The van der Waals surface area contributed by atoms with Gasteiger partial charge in [-0.05, 0) is 43.4 Å². The average molecular weight is 472 g/mol. The minimum atomic E-state index is -0.538. The van der Waals surface area contributed by atoms with E-state index in [1.54, 1.807) is 12.1 Å². The lowest BCUT2D eigenvalue weighted by molar-refractivity contribution is -0.374. The molecule has 33 heavy (non-hydrogen) atoms. The molecule has 2 atom stereocenters. The van der Waals surface area contributed by atoms with Gasteiger partial charge >= 0.3 is 0 Å². The molecule has 176 valence electrons. The van der Waals surface area contributed by atoms with Gasteiger partial charge in [0.2, 0.25) is 0 Å². The Labute approximate surface area is 199 Å². The summed E-state index contributed by atoms with van der Waals surface area (Å²) >= 11 is 4.79. The molecule has 6 nitrogen and oxygen atoms in total. The number of Topliss-reactive ketones (excluding diaryl/α,β-unsaturated/α-hetero) is 1. The quantitative estimate of drug-likeness (QED) is 0.467. The Morgan fingerprint density at radius 2 is 2.09 bits per heavy atom. The van der Waals surface area contributed by atoms with Gasteiger partial charge in [0, 0.05) is 42.4 Å². The number of hydrogen-bond acceptors (Lipinski definition) is 6. The van der Waals surface area contributed by atoms with Crippen molar-refractivity contribution in [2.75, 3.05) is 13.1 Å². The van der Waals surface area contributed by atoms with E-state index in [9.17, 15) is 9.18 Å². The molecule has 0 N–H and O–H groups in total. The number of carbonyl (C=O) groups is 1. The fourth-order valence-electron chi connectivity index (χ4n) is 4.68. The third kappa shape index (κ3) is 5.24. The van der Waals surface area contributed by atoms with Gasteiger partial charge in [-0.15, -0.1) is 0 Å². The van der Waals surface area contributed by atoms with Crippen LogP contribution in [0.15, 0.2) is 48.3 Å². The Bertz CT molecular complexity index is 1030. The second-order valence-electron chi connectivity index (χ2n) is 9.20. The van der Waals surface area contributed by atoms with Crippen LogP contribution in [0.3, 0.4) is 0 Å². The van der Waals surface area contributed by atoms with E-state index in [0.29, 0.717) is 31.6 Å². The number of allylic oxidation sites excluding steroid dienone is 1. The highest BCUT2D eigenvalue weighted by Gasteiger charge is 2.40. The summed E-state index contributed by atoms with van der Waals surface area (Å²) in [4.78, 5) is 15.3. The lowest BCUT2D eigenvalue weighted by atomic mass is 9.93. The van der Waals surface area contributed by atoms with Crippen LogP contribution in [0.5, 0.6) is 0 Å². The molecule has 5 rings (SSSR count). The lowest BCUT2D eigenvalue weighted by Gasteiger charge is -2.37. The summed E-state index contributed by atoms with van der Waals surface area (Å²) in [7, 11) is 0. The largest absolute Gasteiger partial charge is 0.324 e. The van der Waals surface area contributed by atoms with Crippen molar-refractivity contribution in [3.63, 3.8) is 0 Å². The highest BCUT2D eigenvalue weighted by Crippen LogP contribution is 2.39. The monoisotopic (exact) mass is 471 g/mol. The van der Waals surface area contributed by atoms with Crippen molar-refractivity contribution in [3.05, 3.63) is 65.3 Å². The topological polar surface area (TPSA) is 56.6 Å². The minimum Gasteiger partial charge on any atom is -0.324 e. The summed E-state index contributed by atoms with van der Waals surface area (Å²) < 4.78 is 27.6. The number of ketones is 1. The number of likely N-dealkylation sites (tertiary alicyclic amines) is 1. The number of hydrogen-bond donors (Lipinski definition) is 1. The van der Waals surface area contributed by atoms with Gasteiger partial charge in [-0.3, -0.25) is 14.4 Å². The molecule has 1 aromatic carbocycles. The third-order valence-electron chi connectivity index (χ3n) is 6.63. The zero-order valence-electron chi connectivity index (χ0n) is 18.8. The number of benzene rings is 1. The predicted molar refractivity (Wildman–Crippen MR) is 125 cm³/mol. The van der Waals surface area contributed by atoms with E-state index in [1.807, 2.05) is 30.1 Å². The van der Waals surface area contributed by atoms with Gasteiger partial charge in [0.05, 0.1) is 18.8 Å². The van der Waals surface area contributed by atoms with Crippen LogP contribution in [-0.2, 0) is 27.2 Å². The molecule has 2 aliphatic heterocycles. The summed E-state index contributed by atoms with van der Waals surface area (Å²) in [6.45, 7) is 3.81. The lowest BCUT2D eigenvalue weighted by Crippen LogP contribution is -2.42. The van der Waals surface area contributed by atoms with Crippen LogP contribution in [0.4, 0.5) is 4.39 Å². The molecular weight excluding hydrogens is 441 g/mol. The molecule has 0 amide bonds. The van der Waals surface area contributed by atoms with E-state index in [2.05, 4.69) is 16.1 Å². The zero-order valence-corrected chi connectivity index (χ0v) is 19.7. The maximum atomic E-state index is 14.7. The molecule has 0 bridgehead atoms. The number of piperidine rings is 1. The first kappa shape index (κ1) is 22.8. The summed E-state index contributed by atoms with van der Waals surface area (Å²) in [6, 6.07) is 6.14. The summed E-state index contributed by atoms with van der Waals surface area (Å²) in [5.41, 5.74) is 2.69. The number of aromatic nitrogens is 2. The zero-order chi connectivity index (χ0) is 22.9. The molecule has 2 saturated heterocycles. The van der Waals surface area contributed by atoms with Gasteiger partial charge in [0.25, 0.3) is 0 Å². The number of halogens is 1. The SMILES string of the molecule is CC1OC(Cc2cnn(C/C=C3\CN(C(C(=O)C4CC4)c4ccccc4F)CCC3S)c2)O1. The fourth-order valence-corrected chi connectivity index (χ4v) is 4.98. The first-order valence-electron chi connectivity index (χ1n) is 11.7. The Balaban J connectivity index is 1.29. The maximum Gasteiger partial charge on any atom is 0.167 e. The maximum absolute atomic E-state index is 14.7. The van der Waals surface area contributed by atoms with Crippen LogP contribution in [0.2, 0.25) is 0 Å². The van der Waals surface area contributed by atoms with Crippen molar-refractivity contribution >= 4 is 18.4 Å². The number of thiol groups is 1. The summed E-state index contributed by atoms with van der Waals surface area (Å²) in [6.07, 6.45) is 8.97. The van der Waals surface area contributed by atoms with E-state index in [1.165, 1.54) is 6.07 Å². The first-order valence-corrected chi connectivity index (χ1v) is 12.2. The molecule has 1 saturated carbocycles. The number of carbonyl (C=O) groups excluding carboxylic acids is 1. The van der Waals surface area contributed by atoms with Crippen molar-refractivity contribution in [2.45, 2.75) is 63.0 Å². The van der Waals surface area contributed by atoms with Crippen LogP contribution < -0.4 is 0 Å². The average Bonchev–Trinajstić information content (AvgIpc) is 3.54. The normalized spacial score (nSPS) is 28.0. The summed E-state index contributed by atoms with van der Waals surface area (Å²) in [5, 5.41) is 4.57. The number of nitrogens with zero attached hydrogens (tertiary/aromatic N) is 3. The van der Waals surface area contributed by atoms with E-state index in [0.717, 1.165) is 30.4 Å². The van der Waals surface area contributed by atoms with Crippen LogP contribution in [-0.4, -0.2) is 51.4 Å². The van der Waals surface area contributed by atoms with Crippen LogP contribution in [0.1, 0.15) is 43.4 Å². The van der Waals surface area contributed by atoms with Crippen LogP contribution >= 0.6 is 12.6 Å². The standard InChI is InChI=1S/C25H30FN3O3S/c1-16-31-23(32-16)12-17-13-27-29(14-17)11-8-19-15-28(10-9-22(19)33)24(25(30)18-6-7-18)20-4-2-3-5-21(20)26/h2-5,8,13-14,16,18,22-24,33H,6-7,9-12,15H2,1H3/b19-8+. The molecule has 3 aliphatic rings. The van der Waals surface area contributed by atoms with Gasteiger partial charge in [-0.2, -0.15) is 17.7 Å². The van der Waals surface area contributed by atoms with Gasteiger partial charge in [0.1, 0.15) is 5.82 Å². The third-order valence-corrected chi connectivity index (χ3v) is 7.22. The number of rotatable bonds is 8. The van der Waals surface area contributed by atoms with Crippen molar-refractivity contribution in [2.24, 2.45) is 5.92 Å². The van der Waals surface area contributed by atoms with Crippen molar-refractivity contribution in [1.82, 2.24) is 14.7 Å². The number of ether oxygens (including phenoxy) is 2. The Morgan fingerprint density at radius 1 is 1.30 bits per heavy atom. The van der Waals surface area contributed by atoms with Crippen LogP contribution in [0, 0.1) is 11.7 Å². The highest BCUT2D eigenvalue weighted by molar-refractivity contribution is 7.81. The first-order chi connectivity index (χ1) is 16.0. The second-order valence-corrected chi connectivity index (χ2v) is 9.82. The molecule has 3 heterocycles. The van der Waals surface area contributed by atoms with E-state index < -0.39 is 6.04 Å². The molecule has 0 spiro atoms. The highest BCUT2D eigenvalue weighted by atomic mass is 32.1. The second kappa shape index (κ2) is 9.70. The molecule has 1 aromatic heterocycles. The minimum absolute atomic E-state index is 0.0601. The van der Waals surface area contributed by atoms with Crippen molar-refractivity contribution in [1.29, 1.82) is 0 Å². The fraction of sp³-hybridized carbons (Fsp3) is 0.520. The van der Waals surface area contributed by atoms with Gasteiger partial charge in [-0.25, -0.2) is 4.39 Å². The van der Waals surface area contributed by atoms with Crippen molar-refractivity contribution in [3.8, 4) is 0 Å². The predicted octanol–water partition coefficient (Wildman–Crippen LogP) is 3.93. The van der Waals surface area contributed by atoms with Gasteiger partial charge in [-0.1, -0.05) is 24.3 Å². The van der Waals surface area contributed by atoms with E-state index in [4.69, 9.17) is 22.1 Å². The molecule has 3 fully saturated rings. The van der Waals surface area contributed by atoms with Crippen LogP contribution in [0.25, 0.3) is 0 Å². The van der Waals surface area contributed by atoms with E-state index >= 15 is 0 Å². The van der Waals surface area contributed by atoms with Gasteiger partial charge in [0.15, 0.2) is 18.4 Å². The van der Waals surface area contributed by atoms with E-state index in [-0.39, 0.29) is 35.3 Å². The molecule has 8 heteroatoms. The Kier molecular flexibility index (Phi) is 6.69. The molecule has 0 radical (unpaired) electrons. The Morgan fingerprint density at radius 3 is 2.82 bits per heavy atom. The summed E-state index contributed by atoms with van der Waals surface area (Å²) in [5.74, 6) is -0.110. The molecule has 2 aromatic rings. The Hall–Kier alpha value is -2.00. The van der Waals surface area contributed by atoms with Crippen molar-refractivity contribution < 1.29 is 18.7 Å². The van der Waals surface area contributed by atoms with Gasteiger partial charge < -0.3 is 9.47 Å². The molecule has 2 unspecified atom stereocenters. The molecule has 1 aliphatic carbocycles. The smallest absolute Gasteiger partial charge is 0.167 e. The molecular formula is C25H30FN3O3S.